The van der Waals surface area contributed by atoms with Crippen LogP contribution in [0.2, 0.25) is 0 Å². The van der Waals surface area contributed by atoms with Crippen molar-refractivity contribution in [3.63, 3.8) is 0 Å². The number of carbonyl (C=O) groups is 1. The van der Waals surface area contributed by atoms with E-state index in [2.05, 4.69) is 6.92 Å². The quantitative estimate of drug-likeness (QED) is 0.617. The second-order valence-electron chi connectivity index (χ2n) is 9.61. The van der Waals surface area contributed by atoms with Crippen LogP contribution in [-0.4, -0.2) is 27.5 Å². The van der Waals surface area contributed by atoms with Crippen molar-refractivity contribution >= 4 is 21.4 Å². The van der Waals surface area contributed by atoms with Gasteiger partial charge in [0.1, 0.15) is 17.1 Å². The molecule has 0 spiro atoms. The summed E-state index contributed by atoms with van der Waals surface area (Å²) in [5.41, 5.74) is 1.95. The molecule has 1 aliphatic heterocycles. The lowest BCUT2D eigenvalue weighted by Crippen LogP contribution is -2.42. The number of hydrogen-bond acceptors (Lipinski definition) is 4. The zero-order valence-corrected chi connectivity index (χ0v) is 20.3. The Hall–Kier alpha value is -2.34. The zero-order valence-electron chi connectivity index (χ0n) is 19.5. The molecule has 2 aromatic rings. The van der Waals surface area contributed by atoms with Gasteiger partial charge in [0.2, 0.25) is 5.91 Å². The van der Waals surface area contributed by atoms with Gasteiger partial charge in [0.05, 0.1) is 16.0 Å². The molecular weight excluding hydrogens is 422 g/mol. The van der Waals surface area contributed by atoms with Gasteiger partial charge in [-0.2, -0.15) is 0 Å². The number of sulfone groups is 1. The number of aryl methyl sites for hydroxylation is 1. The van der Waals surface area contributed by atoms with E-state index in [4.69, 9.17) is 4.74 Å². The molecule has 6 heteroatoms. The van der Waals surface area contributed by atoms with Crippen molar-refractivity contribution in [3.8, 4) is 5.75 Å². The smallest absolute Gasteiger partial charge is 0.236 e. The second-order valence-corrected chi connectivity index (χ2v) is 11.9. The number of amides is 1. The summed E-state index contributed by atoms with van der Waals surface area (Å²) in [5.74, 6) is 0.608. The maximum atomic E-state index is 14.0. The summed E-state index contributed by atoms with van der Waals surface area (Å²) in [6.07, 6.45) is 3.79. The van der Waals surface area contributed by atoms with Crippen molar-refractivity contribution in [3.05, 3.63) is 53.6 Å². The average Bonchev–Trinajstić information content (AvgIpc) is 3.27. The van der Waals surface area contributed by atoms with Crippen molar-refractivity contribution < 1.29 is 17.9 Å². The monoisotopic (exact) mass is 455 g/mol. The fourth-order valence-corrected chi connectivity index (χ4v) is 7.24. The van der Waals surface area contributed by atoms with Crippen molar-refractivity contribution in [1.82, 2.24) is 0 Å². The van der Waals surface area contributed by atoms with Crippen LogP contribution in [0.5, 0.6) is 5.75 Å². The summed E-state index contributed by atoms with van der Waals surface area (Å²) in [5, 5.41) is 0. The van der Waals surface area contributed by atoms with Gasteiger partial charge in [-0.15, -0.1) is 0 Å². The first-order valence-electron chi connectivity index (χ1n) is 11.6. The molecule has 1 aliphatic carbocycles. The number of anilines is 1. The Balaban J connectivity index is 1.82. The third-order valence-corrected chi connectivity index (χ3v) is 9.64. The number of carbonyl (C=O) groups excluding carboxylic acids is 1. The number of ether oxygens (including phenoxy) is 1. The van der Waals surface area contributed by atoms with Crippen LogP contribution in [0.15, 0.2) is 47.4 Å². The first kappa shape index (κ1) is 22.8. The highest BCUT2D eigenvalue weighted by Crippen LogP contribution is 2.50. The van der Waals surface area contributed by atoms with Gasteiger partial charge in [-0.25, -0.2) is 8.42 Å². The second kappa shape index (κ2) is 8.22. The third kappa shape index (κ3) is 3.53. The van der Waals surface area contributed by atoms with E-state index in [1.54, 1.807) is 17.0 Å². The molecule has 0 atom stereocenters. The van der Waals surface area contributed by atoms with Gasteiger partial charge < -0.3 is 9.64 Å². The predicted molar refractivity (Wildman–Crippen MR) is 127 cm³/mol. The van der Waals surface area contributed by atoms with Crippen molar-refractivity contribution in [2.24, 2.45) is 5.41 Å². The van der Waals surface area contributed by atoms with E-state index in [9.17, 15) is 13.2 Å². The molecule has 4 rings (SSSR count). The van der Waals surface area contributed by atoms with Crippen LogP contribution in [0.1, 0.15) is 64.5 Å². The van der Waals surface area contributed by atoms with Crippen molar-refractivity contribution in [2.75, 3.05) is 18.1 Å². The molecular formula is C26H33NO4S. The molecule has 0 saturated heterocycles. The maximum Gasteiger partial charge on any atom is 0.236 e. The van der Waals surface area contributed by atoms with Crippen LogP contribution >= 0.6 is 0 Å². The summed E-state index contributed by atoms with van der Waals surface area (Å²) in [7, 11) is -3.60. The van der Waals surface area contributed by atoms with E-state index in [-0.39, 0.29) is 12.5 Å². The largest absolute Gasteiger partial charge is 0.490 e. The number of rotatable bonds is 5. The van der Waals surface area contributed by atoms with Crippen molar-refractivity contribution in [1.29, 1.82) is 0 Å². The molecule has 2 aromatic carbocycles. The molecule has 0 unspecified atom stereocenters. The number of benzene rings is 2. The summed E-state index contributed by atoms with van der Waals surface area (Å²) >= 11 is 0. The van der Waals surface area contributed by atoms with Gasteiger partial charge in [-0.1, -0.05) is 38.0 Å². The standard InChI is InChI=1S/C26H33NO4S/c1-5-19-9-12-21(13-10-19)32(29,30)26(15-7-8-16-26)20-11-14-22-23(17-20)31-18-25(3,4)24(28)27(22)6-2/h9-14,17H,5-8,15-16,18H2,1-4H3. The Morgan fingerprint density at radius 1 is 1.00 bits per heavy atom. The Labute approximate surface area is 191 Å². The highest BCUT2D eigenvalue weighted by Gasteiger charge is 2.49. The Bertz CT molecular complexity index is 1110. The fraction of sp³-hybridized carbons (Fsp3) is 0.500. The molecule has 0 aromatic heterocycles. The van der Waals surface area contributed by atoms with E-state index in [0.717, 1.165) is 30.4 Å². The Morgan fingerprint density at radius 3 is 2.25 bits per heavy atom. The SMILES string of the molecule is CCc1ccc(S(=O)(=O)C2(c3ccc4c(c3)OCC(C)(C)C(=O)N4CC)CCCC2)cc1. The third-order valence-electron chi connectivity index (χ3n) is 7.07. The first-order valence-corrected chi connectivity index (χ1v) is 13.1. The highest BCUT2D eigenvalue weighted by molar-refractivity contribution is 7.92. The van der Waals surface area contributed by atoms with Gasteiger partial charge in [0, 0.05) is 6.54 Å². The first-order chi connectivity index (χ1) is 15.2. The lowest BCUT2D eigenvalue weighted by Gasteiger charge is -2.31. The van der Waals surface area contributed by atoms with Crippen LogP contribution in [0.3, 0.4) is 0 Å². The molecule has 1 heterocycles. The van der Waals surface area contributed by atoms with Crippen LogP contribution in [0.25, 0.3) is 0 Å². The normalized spacial score (nSPS) is 19.9. The van der Waals surface area contributed by atoms with Gasteiger partial charge in [0.15, 0.2) is 9.84 Å². The highest BCUT2D eigenvalue weighted by atomic mass is 32.2. The van der Waals surface area contributed by atoms with Gasteiger partial charge in [0.25, 0.3) is 0 Å². The summed E-state index contributed by atoms with van der Waals surface area (Å²) in [6.45, 7) is 8.56. The minimum atomic E-state index is -3.60. The Morgan fingerprint density at radius 2 is 1.66 bits per heavy atom. The number of hydrogen-bond donors (Lipinski definition) is 0. The van der Waals surface area contributed by atoms with E-state index >= 15 is 0 Å². The van der Waals surface area contributed by atoms with Crippen LogP contribution in [0, 0.1) is 5.41 Å². The van der Waals surface area contributed by atoms with E-state index < -0.39 is 20.0 Å². The number of fused-ring (bicyclic) bond motifs is 1. The minimum Gasteiger partial charge on any atom is -0.490 e. The topological polar surface area (TPSA) is 63.7 Å². The lowest BCUT2D eigenvalue weighted by molar-refractivity contribution is -0.127. The fourth-order valence-electron chi connectivity index (χ4n) is 5.03. The maximum absolute atomic E-state index is 14.0. The van der Waals surface area contributed by atoms with E-state index in [0.29, 0.717) is 35.7 Å². The van der Waals surface area contributed by atoms with Gasteiger partial charge >= 0.3 is 0 Å². The van der Waals surface area contributed by atoms with Crippen LogP contribution in [-0.2, 0) is 25.8 Å². The van der Waals surface area contributed by atoms with Crippen LogP contribution < -0.4 is 9.64 Å². The Kier molecular flexibility index (Phi) is 5.86. The minimum absolute atomic E-state index is 0.0192. The lowest BCUT2D eigenvalue weighted by atomic mass is 9.93. The van der Waals surface area contributed by atoms with E-state index in [1.165, 1.54) is 0 Å². The summed E-state index contributed by atoms with van der Waals surface area (Å²) in [6, 6.07) is 12.9. The molecule has 0 radical (unpaired) electrons. The molecule has 1 fully saturated rings. The summed E-state index contributed by atoms with van der Waals surface area (Å²) < 4.78 is 33.1. The molecule has 0 bridgehead atoms. The van der Waals surface area contributed by atoms with Crippen molar-refractivity contribution in [2.45, 2.75) is 69.4 Å². The molecule has 1 amide bonds. The molecule has 0 N–H and O–H groups in total. The molecule has 5 nitrogen and oxygen atoms in total. The van der Waals surface area contributed by atoms with E-state index in [1.807, 2.05) is 51.1 Å². The molecule has 172 valence electrons. The molecule has 1 saturated carbocycles. The summed E-state index contributed by atoms with van der Waals surface area (Å²) in [4.78, 5) is 15.1. The molecule has 32 heavy (non-hydrogen) atoms. The zero-order chi connectivity index (χ0) is 23.1. The van der Waals surface area contributed by atoms with Gasteiger partial charge in [-0.05, 0) is 75.4 Å². The van der Waals surface area contributed by atoms with Crippen LogP contribution in [0.4, 0.5) is 5.69 Å². The van der Waals surface area contributed by atoms with Gasteiger partial charge in [-0.3, -0.25) is 4.79 Å². The predicted octanol–water partition coefficient (Wildman–Crippen LogP) is 5.26. The molecule has 2 aliphatic rings. The number of nitrogens with zero attached hydrogens (tertiary/aromatic N) is 1. The average molecular weight is 456 g/mol.